The number of para-hydroxylation sites is 1. The van der Waals surface area contributed by atoms with E-state index in [4.69, 9.17) is 4.42 Å². The van der Waals surface area contributed by atoms with E-state index in [2.05, 4.69) is 20.6 Å². The monoisotopic (exact) mass is 558 g/mol. The number of nitrogens with zero attached hydrogens (tertiary/aromatic N) is 4. The van der Waals surface area contributed by atoms with E-state index in [1.807, 2.05) is 68.1 Å². The van der Waals surface area contributed by atoms with Gasteiger partial charge in [0.05, 0.1) is 0 Å². The highest BCUT2D eigenvalue weighted by Crippen LogP contribution is 2.28. The van der Waals surface area contributed by atoms with E-state index in [1.54, 1.807) is 11.1 Å². The normalized spacial score (nSPS) is 14.2. The first-order valence-corrected chi connectivity index (χ1v) is 13.7. The van der Waals surface area contributed by atoms with Gasteiger partial charge < -0.3 is 24.7 Å². The summed E-state index contributed by atoms with van der Waals surface area (Å²) in [6.45, 7) is 5.96. The zero-order valence-electron chi connectivity index (χ0n) is 23.5. The van der Waals surface area contributed by atoms with Crippen molar-refractivity contribution in [2.75, 3.05) is 11.4 Å². The Morgan fingerprint density at radius 3 is 2.63 bits per heavy atom. The molecule has 0 saturated carbocycles. The van der Waals surface area contributed by atoms with Gasteiger partial charge in [0.15, 0.2) is 5.69 Å². The molecule has 41 heavy (non-hydrogen) atoms. The minimum atomic E-state index is -1.21. The Bertz CT molecular complexity index is 1610. The Morgan fingerprint density at radius 2 is 1.90 bits per heavy atom. The highest BCUT2D eigenvalue weighted by Gasteiger charge is 2.32. The van der Waals surface area contributed by atoms with Crippen molar-refractivity contribution in [1.29, 1.82) is 0 Å². The zero-order valence-corrected chi connectivity index (χ0v) is 23.5. The molecule has 1 aromatic carbocycles. The van der Waals surface area contributed by atoms with Crippen molar-refractivity contribution in [3.8, 4) is 0 Å². The van der Waals surface area contributed by atoms with E-state index in [0.717, 1.165) is 22.0 Å². The lowest BCUT2D eigenvalue weighted by Gasteiger charge is -2.25. The van der Waals surface area contributed by atoms with Gasteiger partial charge in [-0.3, -0.25) is 9.69 Å². The van der Waals surface area contributed by atoms with Gasteiger partial charge in [0.2, 0.25) is 11.8 Å². The number of anilines is 1. The summed E-state index contributed by atoms with van der Waals surface area (Å²) >= 11 is 0. The van der Waals surface area contributed by atoms with Crippen LogP contribution in [0.3, 0.4) is 0 Å². The largest absolute Gasteiger partial charge is 0.476 e. The van der Waals surface area contributed by atoms with Gasteiger partial charge in [-0.25, -0.2) is 19.6 Å². The number of oxazole rings is 1. The van der Waals surface area contributed by atoms with Crippen molar-refractivity contribution >= 4 is 34.6 Å². The Morgan fingerprint density at radius 1 is 1.12 bits per heavy atom. The number of aromatic carboxylic acids is 1. The number of carbonyl (C=O) groups is 3. The summed E-state index contributed by atoms with van der Waals surface area (Å²) in [4.78, 5) is 49.0. The number of hydrogen-bond donors (Lipinski definition) is 3. The van der Waals surface area contributed by atoms with Gasteiger partial charge in [0.1, 0.15) is 23.7 Å². The molecule has 3 amide bonds. The predicted octanol–water partition coefficient (Wildman–Crippen LogP) is 4.15. The maximum Gasteiger partial charge on any atom is 0.358 e. The smallest absolute Gasteiger partial charge is 0.358 e. The van der Waals surface area contributed by atoms with E-state index < -0.39 is 30.0 Å². The third-order valence-corrected chi connectivity index (χ3v) is 7.33. The van der Waals surface area contributed by atoms with Crippen LogP contribution in [0.1, 0.15) is 59.6 Å². The second kappa shape index (κ2) is 11.4. The SMILES string of the molecule is Cc1oc([C@@H](Cc2cn(C)c3ccccc23)NC(=O)[C@H](CC(C)C)NC(=O)N2CCc3cccnc32)nc1C(=O)O. The number of urea groups is 1. The van der Waals surface area contributed by atoms with Crippen LogP contribution in [0, 0.1) is 12.8 Å². The number of rotatable bonds is 9. The van der Waals surface area contributed by atoms with Crippen molar-refractivity contribution in [3.05, 3.63) is 77.3 Å². The molecule has 0 bridgehead atoms. The average molecular weight is 559 g/mol. The van der Waals surface area contributed by atoms with Gasteiger partial charge in [-0.15, -0.1) is 0 Å². The molecule has 1 aliphatic heterocycles. The number of aryl methyl sites for hydroxylation is 2. The molecule has 4 aromatic rings. The zero-order chi connectivity index (χ0) is 29.3. The molecule has 0 spiro atoms. The molecule has 0 unspecified atom stereocenters. The highest BCUT2D eigenvalue weighted by atomic mass is 16.4. The molecule has 3 N–H and O–H groups in total. The summed E-state index contributed by atoms with van der Waals surface area (Å²) < 4.78 is 7.77. The van der Waals surface area contributed by atoms with Crippen LogP contribution in [0.2, 0.25) is 0 Å². The Balaban J connectivity index is 1.42. The van der Waals surface area contributed by atoms with E-state index in [1.165, 1.54) is 6.92 Å². The van der Waals surface area contributed by atoms with Crippen LogP contribution < -0.4 is 15.5 Å². The first kappa shape index (κ1) is 27.9. The molecular formula is C30H34N6O5. The van der Waals surface area contributed by atoms with Crippen molar-refractivity contribution in [2.45, 2.75) is 52.1 Å². The maximum absolute atomic E-state index is 13.8. The first-order chi connectivity index (χ1) is 19.6. The number of aromatic nitrogens is 3. The summed E-state index contributed by atoms with van der Waals surface area (Å²) in [7, 11) is 1.94. The molecule has 1 aliphatic rings. The molecule has 0 saturated heterocycles. The van der Waals surface area contributed by atoms with Gasteiger partial charge in [0.25, 0.3) is 0 Å². The summed E-state index contributed by atoms with van der Waals surface area (Å²) in [5.41, 5.74) is 2.73. The second-order valence-electron chi connectivity index (χ2n) is 10.8. The second-order valence-corrected chi connectivity index (χ2v) is 10.8. The topological polar surface area (TPSA) is 143 Å². The minimum absolute atomic E-state index is 0.0912. The molecule has 0 radical (unpaired) electrons. The first-order valence-electron chi connectivity index (χ1n) is 13.7. The van der Waals surface area contributed by atoms with Crippen LogP contribution in [0.5, 0.6) is 0 Å². The lowest BCUT2D eigenvalue weighted by molar-refractivity contribution is -0.124. The number of carboxylic acid groups (broad SMARTS) is 1. The fourth-order valence-electron chi connectivity index (χ4n) is 5.38. The van der Waals surface area contributed by atoms with Gasteiger partial charge in [-0.1, -0.05) is 38.1 Å². The number of nitrogens with one attached hydrogen (secondary N) is 2. The van der Waals surface area contributed by atoms with Crippen molar-refractivity contribution in [1.82, 2.24) is 25.2 Å². The number of pyridine rings is 1. The molecule has 2 atom stereocenters. The third kappa shape index (κ3) is 5.79. The molecular weight excluding hydrogens is 524 g/mol. The van der Waals surface area contributed by atoms with Crippen LogP contribution in [-0.4, -0.2) is 50.1 Å². The van der Waals surface area contributed by atoms with Crippen molar-refractivity contribution < 1.29 is 23.9 Å². The van der Waals surface area contributed by atoms with Gasteiger partial charge in [0, 0.05) is 43.3 Å². The van der Waals surface area contributed by atoms with E-state index in [0.29, 0.717) is 31.6 Å². The van der Waals surface area contributed by atoms with E-state index >= 15 is 0 Å². The number of hydrogen-bond acceptors (Lipinski definition) is 6. The number of carboxylic acids is 1. The molecule has 0 aliphatic carbocycles. The molecule has 3 aromatic heterocycles. The Hall–Kier alpha value is -4.67. The molecule has 5 rings (SSSR count). The number of benzene rings is 1. The lowest BCUT2D eigenvalue weighted by atomic mass is 10.0. The molecule has 214 valence electrons. The van der Waals surface area contributed by atoms with Crippen LogP contribution >= 0.6 is 0 Å². The molecule has 11 nitrogen and oxygen atoms in total. The van der Waals surface area contributed by atoms with E-state index in [9.17, 15) is 19.5 Å². The highest BCUT2D eigenvalue weighted by molar-refractivity contribution is 5.96. The summed E-state index contributed by atoms with van der Waals surface area (Å²) in [5.74, 6) is -0.679. The lowest BCUT2D eigenvalue weighted by Crippen LogP contribution is -2.52. The fourth-order valence-corrected chi connectivity index (χ4v) is 5.38. The summed E-state index contributed by atoms with van der Waals surface area (Å²) in [6.07, 6.45) is 5.01. The number of amides is 3. The van der Waals surface area contributed by atoms with Gasteiger partial charge >= 0.3 is 12.0 Å². The molecule has 4 heterocycles. The van der Waals surface area contributed by atoms with Crippen molar-refractivity contribution in [3.63, 3.8) is 0 Å². The Labute approximate surface area is 237 Å². The molecule has 11 heteroatoms. The van der Waals surface area contributed by atoms with Crippen LogP contribution in [0.25, 0.3) is 10.9 Å². The minimum Gasteiger partial charge on any atom is -0.476 e. The number of carbonyl (C=O) groups excluding carboxylic acids is 2. The number of fused-ring (bicyclic) bond motifs is 2. The quantitative estimate of drug-likeness (QED) is 0.280. The predicted molar refractivity (Wildman–Crippen MR) is 153 cm³/mol. The third-order valence-electron chi connectivity index (χ3n) is 7.33. The van der Waals surface area contributed by atoms with Crippen molar-refractivity contribution in [2.24, 2.45) is 13.0 Å². The van der Waals surface area contributed by atoms with Gasteiger partial charge in [-0.05, 0) is 48.9 Å². The fraction of sp³-hybridized carbons (Fsp3) is 0.367. The van der Waals surface area contributed by atoms with Crippen LogP contribution in [0.15, 0.2) is 53.2 Å². The maximum atomic E-state index is 13.8. The average Bonchev–Trinajstić information content (AvgIpc) is 3.63. The van der Waals surface area contributed by atoms with Crippen LogP contribution in [0.4, 0.5) is 10.6 Å². The van der Waals surface area contributed by atoms with Crippen LogP contribution in [-0.2, 0) is 24.7 Å². The van der Waals surface area contributed by atoms with E-state index in [-0.39, 0.29) is 23.3 Å². The summed E-state index contributed by atoms with van der Waals surface area (Å²) in [5, 5.41) is 16.5. The summed E-state index contributed by atoms with van der Waals surface area (Å²) in [6, 6.07) is 9.66. The van der Waals surface area contributed by atoms with Gasteiger partial charge in [-0.2, -0.15) is 0 Å². The standard InChI is InChI=1S/C30H34N6O5/c1-17(2)14-22(33-30(40)36-13-11-19-8-7-12-31-26(19)36)27(37)32-23(28-34-25(29(38)39)18(3)41-28)15-20-16-35(4)24-10-6-5-9-21(20)24/h5-10,12,16-17,22-23H,11,13-15H2,1-4H3,(H,32,37)(H,33,40)(H,38,39)/t22-,23+/m0/s1. The Kier molecular flexibility index (Phi) is 7.78. The molecule has 0 fully saturated rings.